The number of halogens is 2. The summed E-state index contributed by atoms with van der Waals surface area (Å²) in [4.78, 5) is 12.7. The van der Waals surface area contributed by atoms with Crippen LogP contribution in [-0.2, 0) is 0 Å². The minimum Gasteiger partial charge on any atom is -0.393 e. The average Bonchev–Trinajstić information content (AvgIpc) is 2.42. The monoisotopic (exact) mass is 300 g/mol. The highest BCUT2D eigenvalue weighted by atomic mass is 19.3. The van der Waals surface area contributed by atoms with Crippen LogP contribution < -0.4 is 5.32 Å². The van der Waals surface area contributed by atoms with Gasteiger partial charge in [-0.25, -0.2) is 13.6 Å². The standard InChI is InChI=1S/C15H22F2N2O2/c1-11(20)8-13(12-6-4-3-5-7-12)9-18-15(21)19(2)10-14(16)17/h3-7,11,13-14,20H,8-10H2,1-2H3,(H,18,21). The van der Waals surface area contributed by atoms with E-state index in [1.807, 2.05) is 30.3 Å². The second kappa shape index (κ2) is 8.56. The number of aliphatic hydroxyl groups excluding tert-OH is 1. The maximum atomic E-state index is 12.2. The highest BCUT2D eigenvalue weighted by Crippen LogP contribution is 2.20. The van der Waals surface area contributed by atoms with Crippen molar-refractivity contribution in [1.82, 2.24) is 10.2 Å². The predicted molar refractivity (Wildman–Crippen MR) is 77.5 cm³/mol. The number of alkyl halides is 2. The van der Waals surface area contributed by atoms with Crippen molar-refractivity contribution in [2.75, 3.05) is 20.1 Å². The number of nitrogens with zero attached hydrogens (tertiary/aromatic N) is 1. The molecule has 2 N–H and O–H groups in total. The van der Waals surface area contributed by atoms with Gasteiger partial charge in [-0.1, -0.05) is 30.3 Å². The molecular formula is C15H22F2N2O2. The van der Waals surface area contributed by atoms with Gasteiger partial charge < -0.3 is 15.3 Å². The van der Waals surface area contributed by atoms with Crippen LogP contribution in [0.15, 0.2) is 30.3 Å². The number of aliphatic hydroxyl groups is 1. The van der Waals surface area contributed by atoms with Crippen molar-refractivity contribution in [1.29, 1.82) is 0 Å². The largest absolute Gasteiger partial charge is 0.393 e. The molecule has 2 amide bonds. The molecular weight excluding hydrogens is 278 g/mol. The highest BCUT2D eigenvalue weighted by Gasteiger charge is 2.18. The minimum absolute atomic E-state index is 0.0601. The third-order valence-electron chi connectivity index (χ3n) is 3.15. The Morgan fingerprint density at radius 1 is 1.33 bits per heavy atom. The van der Waals surface area contributed by atoms with Crippen LogP contribution in [0.1, 0.15) is 24.8 Å². The van der Waals surface area contributed by atoms with Gasteiger partial charge >= 0.3 is 6.03 Å². The fourth-order valence-electron chi connectivity index (χ4n) is 2.11. The fraction of sp³-hybridized carbons (Fsp3) is 0.533. The molecule has 1 aromatic carbocycles. The molecule has 4 nitrogen and oxygen atoms in total. The van der Waals surface area contributed by atoms with Crippen molar-refractivity contribution in [3.8, 4) is 0 Å². The molecule has 2 unspecified atom stereocenters. The number of rotatable bonds is 7. The van der Waals surface area contributed by atoms with E-state index in [2.05, 4.69) is 5.32 Å². The molecule has 0 aliphatic carbocycles. The second-order valence-corrected chi connectivity index (χ2v) is 5.15. The Bertz CT molecular complexity index is 427. The van der Waals surface area contributed by atoms with Crippen LogP contribution in [0.25, 0.3) is 0 Å². The summed E-state index contributed by atoms with van der Waals surface area (Å²) < 4.78 is 24.5. The van der Waals surface area contributed by atoms with Crippen LogP contribution >= 0.6 is 0 Å². The number of carbonyl (C=O) groups is 1. The van der Waals surface area contributed by atoms with Crippen molar-refractivity contribution in [2.24, 2.45) is 0 Å². The van der Waals surface area contributed by atoms with Gasteiger partial charge in [0.1, 0.15) is 0 Å². The highest BCUT2D eigenvalue weighted by molar-refractivity contribution is 5.73. The van der Waals surface area contributed by atoms with E-state index in [9.17, 15) is 18.7 Å². The molecule has 0 aliphatic heterocycles. The van der Waals surface area contributed by atoms with Gasteiger partial charge in [0.15, 0.2) is 0 Å². The zero-order chi connectivity index (χ0) is 15.8. The lowest BCUT2D eigenvalue weighted by molar-refractivity contribution is 0.107. The van der Waals surface area contributed by atoms with Gasteiger partial charge in [-0.15, -0.1) is 0 Å². The van der Waals surface area contributed by atoms with E-state index in [1.165, 1.54) is 7.05 Å². The Morgan fingerprint density at radius 3 is 2.48 bits per heavy atom. The Balaban J connectivity index is 2.60. The summed E-state index contributed by atoms with van der Waals surface area (Å²) in [5.41, 5.74) is 0.996. The van der Waals surface area contributed by atoms with Crippen molar-refractivity contribution >= 4 is 6.03 Å². The zero-order valence-corrected chi connectivity index (χ0v) is 12.3. The first-order chi connectivity index (χ1) is 9.90. The quantitative estimate of drug-likeness (QED) is 0.812. The number of hydrogen-bond acceptors (Lipinski definition) is 2. The molecule has 0 saturated heterocycles. The second-order valence-electron chi connectivity index (χ2n) is 5.15. The number of carbonyl (C=O) groups excluding carboxylic acids is 1. The van der Waals surface area contributed by atoms with Gasteiger partial charge in [0.25, 0.3) is 6.43 Å². The fourth-order valence-corrected chi connectivity index (χ4v) is 2.11. The molecule has 6 heteroatoms. The minimum atomic E-state index is -2.55. The Morgan fingerprint density at radius 2 is 1.95 bits per heavy atom. The first-order valence-electron chi connectivity index (χ1n) is 6.90. The van der Waals surface area contributed by atoms with Gasteiger partial charge in [0.2, 0.25) is 0 Å². The molecule has 0 aromatic heterocycles. The van der Waals surface area contributed by atoms with Crippen LogP contribution in [0.5, 0.6) is 0 Å². The lowest BCUT2D eigenvalue weighted by Crippen LogP contribution is -2.41. The van der Waals surface area contributed by atoms with E-state index in [0.29, 0.717) is 13.0 Å². The van der Waals surface area contributed by atoms with Gasteiger partial charge in [-0.2, -0.15) is 0 Å². The molecule has 0 bridgehead atoms. The van der Waals surface area contributed by atoms with Gasteiger partial charge in [-0.05, 0) is 18.9 Å². The Kier molecular flexibility index (Phi) is 7.08. The molecule has 0 spiro atoms. The summed E-state index contributed by atoms with van der Waals surface area (Å²) in [5.74, 6) is -0.0601. The number of hydrogen-bond donors (Lipinski definition) is 2. The van der Waals surface area contributed by atoms with E-state index < -0.39 is 25.1 Å². The van der Waals surface area contributed by atoms with Gasteiger partial charge in [0, 0.05) is 19.5 Å². The molecule has 0 saturated carbocycles. The topological polar surface area (TPSA) is 52.6 Å². The summed E-state index contributed by atoms with van der Waals surface area (Å²) >= 11 is 0. The number of urea groups is 1. The number of nitrogens with one attached hydrogen (secondary N) is 1. The van der Waals surface area contributed by atoms with E-state index in [-0.39, 0.29) is 5.92 Å². The average molecular weight is 300 g/mol. The first-order valence-corrected chi connectivity index (χ1v) is 6.90. The van der Waals surface area contributed by atoms with Crippen LogP contribution in [-0.4, -0.2) is 48.7 Å². The summed E-state index contributed by atoms with van der Waals surface area (Å²) in [6.45, 7) is 1.38. The summed E-state index contributed by atoms with van der Waals surface area (Å²) in [7, 11) is 1.33. The van der Waals surface area contributed by atoms with Crippen molar-refractivity contribution in [3.63, 3.8) is 0 Å². The molecule has 0 fully saturated rings. The summed E-state index contributed by atoms with van der Waals surface area (Å²) in [6.07, 6.45) is -2.57. The van der Waals surface area contributed by atoms with Gasteiger partial charge in [0.05, 0.1) is 12.6 Å². The maximum absolute atomic E-state index is 12.2. The number of benzene rings is 1. The third-order valence-corrected chi connectivity index (χ3v) is 3.15. The van der Waals surface area contributed by atoms with Crippen molar-refractivity contribution in [3.05, 3.63) is 35.9 Å². The normalized spacial score (nSPS) is 13.8. The van der Waals surface area contributed by atoms with Crippen LogP contribution in [0.3, 0.4) is 0 Å². The predicted octanol–water partition coefficient (Wildman–Crippen LogP) is 2.45. The number of amides is 2. The van der Waals surface area contributed by atoms with E-state index in [1.54, 1.807) is 6.92 Å². The Labute approximate surface area is 123 Å². The summed E-state index contributed by atoms with van der Waals surface area (Å²) in [5, 5.41) is 12.2. The molecule has 1 aromatic rings. The molecule has 0 heterocycles. The van der Waals surface area contributed by atoms with Crippen molar-refractivity contribution in [2.45, 2.75) is 31.8 Å². The van der Waals surface area contributed by atoms with Crippen LogP contribution in [0, 0.1) is 0 Å². The smallest absolute Gasteiger partial charge is 0.317 e. The molecule has 21 heavy (non-hydrogen) atoms. The molecule has 1 rings (SSSR count). The zero-order valence-electron chi connectivity index (χ0n) is 12.3. The molecule has 2 atom stereocenters. The molecule has 0 aliphatic rings. The van der Waals surface area contributed by atoms with E-state index >= 15 is 0 Å². The van der Waals surface area contributed by atoms with Gasteiger partial charge in [-0.3, -0.25) is 0 Å². The van der Waals surface area contributed by atoms with Crippen LogP contribution in [0.4, 0.5) is 13.6 Å². The SMILES string of the molecule is CC(O)CC(CNC(=O)N(C)CC(F)F)c1ccccc1. The van der Waals surface area contributed by atoms with E-state index in [4.69, 9.17) is 0 Å². The lowest BCUT2D eigenvalue weighted by atomic mass is 9.93. The van der Waals surface area contributed by atoms with Crippen LogP contribution in [0.2, 0.25) is 0 Å². The van der Waals surface area contributed by atoms with E-state index in [0.717, 1.165) is 10.5 Å². The molecule has 118 valence electrons. The summed E-state index contributed by atoms with van der Waals surface area (Å²) in [6, 6.07) is 8.95. The Hall–Kier alpha value is -1.69. The molecule has 0 radical (unpaired) electrons. The van der Waals surface area contributed by atoms with Crippen molar-refractivity contribution < 1.29 is 18.7 Å². The third kappa shape index (κ3) is 6.53. The first kappa shape index (κ1) is 17.4. The maximum Gasteiger partial charge on any atom is 0.317 e. The lowest BCUT2D eigenvalue weighted by Gasteiger charge is -2.22.